The molecular weight excluding hydrogens is 569 g/mol. The maximum Gasteiger partial charge on any atom is 0.227 e. The van der Waals surface area contributed by atoms with E-state index in [1.165, 1.54) is 31.3 Å². The number of benzene rings is 7. The van der Waals surface area contributed by atoms with Crippen molar-refractivity contribution in [1.29, 1.82) is 0 Å². The first-order chi connectivity index (χ1) is 22.3. The second-order valence-corrected chi connectivity index (χ2v) is 12.3. The maximum absolute atomic E-state index is 6.34. The van der Waals surface area contributed by atoms with Gasteiger partial charge in [-0.25, -0.2) is 4.98 Å². The highest BCUT2D eigenvalue weighted by Gasteiger charge is 2.20. The van der Waals surface area contributed by atoms with E-state index in [1.54, 1.807) is 0 Å². The number of anilines is 3. The van der Waals surface area contributed by atoms with Crippen molar-refractivity contribution >= 4 is 70.4 Å². The Morgan fingerprint density at radius 2 is 1.20 bits per heavy atom. The summed E-state index contributed by atoms with van der Waals surface area (Å²) in [5.41, 5.74) is 8.20. The summed E-state index contributed by atoms with van der Waals surface area (Å²) in [6.07, 6.45) is 0. The third-order valence-electron chi connectivity index (χ3n) is 8.49. The number of oxazole rings is 1. The highest BCUT2D eigenvalue weighted by Crippen LogP contribution is 2.44. The number of thiophene rings is 1. The predicted octanol–water partition coefficient (Wildman–Crippen LogP) is 12.2. The van der Waals surface area contributed by atoms with Crippen molar-refractivity contribution in [2.45, 2.75) is 0 Å². The Bertz CT molecular complexity index is 2480. The van der Waals surface area contributed by atoms with Crippen molar-refractivity contribution in [3.8, 4) is 22.6 Å². The molecule has 9 rings (SSSR count). The van der Waals surface area contributed by atoms with Gasteiger partial charge in [-0.05, 0) is 71.1 Å². The Kier molecular flexibility index (Phi) is 6.00. The van der Waals surface area contributed by atoms with Crippen LogP contribution < -0.4 is 4.90 Å². The van der Waals surface area contributed by atoms with Crippen LogP contribution in [0.5, 0.6) is 0 Å². The zero-order valence-corrected chi connectivity index (χ0v) is 25.0. The van der Waals surface area contributed by atoms with E-state index in [4.69, 9.17) is 9.40 Å². The summed E-state index contributed by atoms with van der Waals surface area (Å²) in [6, 6.07) is 55.6. The molecule has 0 atom stereocenters. The van der Waals surface area contributed by atoms with Gasteiger partial charge in [-0.15, -0.1) is 11.3 Å². The third-order valence-corrected chi connectivity index (χ3v) is 9.63. The molecule has 2 aromatic heterocycles. The van der Waals surface area contributed by atoms with Gasteiger partial charge in [0.1, 0.15) is 5.52 Å². The fourth-order valence-electron chi connectivity index (χ4n) is 6.35. The topological polar surface area (TPSA) is 29.3 Å². The molecule has 0 bridgehead atoms. The summed E-state index contributed by atoms with van der Waals surface area (Å²) in [4.78, 5) is 7.44. The molecule has 0 spiro atoms. The van der Waals surface area contributed by atoms with Crippen molar-refractivity contribution < 1.29 is 4.42 Å². The monoisotopic (exact) mass is 594 g/mol. The van der Waals surface area contributed by atoms with Gasteiger partial charge in [0.05, 0.1) is 5.69 Å². The predicted molar refractivity (Wildman–Crippen MR) is 190 cm³/mol. The first kappa shape index (κ1) is 25.8. The van der Waals surface area contributed by atoms with Crippen molar-refractivity contribution in [3.05, 3.63) is 158 Å². The molecule has 0 saturated heterocycles. The third kappa shape index (κ3) is 4.38. The molecule has 0 radical (unpaired) electrons. The zero-order valence-electron chi connectivity index (χ0n) is 24.2. The van der Waals surface area contributed by atoms with Crippen molar-refractivity contribution in [2.24, 2.45) is 0 Å². The van der Waals surface area contributed by atoms with E-state index in [0.717, 1.165) is 44.5 Å². The lowest BCUT2D eigenvalue weighted by Crippen LogP contribution is -2.10. The summed E-state index contributed by atoms with van der Waals surface area (Å²) in [6.45, 7) is 0. The molecule has 0 unspecified atom stereocenters. The van der Waals surface area contributed by atoms with Crippen LogP contribution >= 0.6 is 11.3 Å². The Morgan fingerprint density at radius 1 is 0.511 bits per heavy atom. The number of fused-ring (bicyclic) bond motifs is 6. The number of hydrogen-bond acceptors (Lipinski definition) is 4. The van der Waals surface area contributed by atoms with Crippen LogP contribution in [-0.2, 0) is 0 Å². The minimum absolute atomic E-state index is 0.623. The lowest BCUT2D eigenvalue weighted by Gasteiger charge is -2.27. The molecule has 0 aliphatic rings. The molecule has 0 saturated carbocycles. The molecular formula is C41H26N2OS. The van der Waals surface area contributed by atoms with Gasteiger partial charge in [-0.1, -0.05) is 103 Å². The second kappa shape index (κ2) is 10.5. The van der Waals surface area contributed by atoms with E-state index in [1.807, 2.05) is 47.7 Å². The molecule has 0 N–H and O–H groups in total. The van der Waals surface area contributed by atoms with Crippen LogP contribution in [0.25, 0.3) is 64.6 Å². The smallest absolute Gasteiger partial charge is 0.227 e. The SMILES string of the molecule is c1ccc(-c2ccc(N(c3ccc4c(c3)sc3ccccc34)c3cccc4ccc5oc(-c6ccccc6)nc5c34)cc2)cc1. The first-order valence-corrected chi connectivity index (χ1v) is 15.9. The van der Waals surface area contributed by atoms with Crippen molar-refractivity contribution in [2.75, 3.05) is 4.90 Å². The lowest BCUT2D eigenvalue weighted by atomic mass is 10.0. The van der Waals surface area contributed by atoms with Gasteiger partial charge < -0.3 is 9.32 Å². The Labute approximate surface area is 264 Å². The van der Waals surface area contributed by atoms with Crippen LogP contribution in [0.3, 0.4) is 0 Å². The van der Waals surface area contributed by atoms with Gasteiger partial charge in [-0.2, -0.15) is 0 Å². The fourth-order valence-corrected chi connectivity index (χ4v) is 7.49. The summed E-state index contributed by atoms with van der Waals surface area (Å²) in [5.74, 6) is 0.623. The molecule has 0 fully saturated rings. The van der Waals surface area contributed by atoms with Crippen molar-refractivity contribution in [1.82, 2.24) is 4.98 Å². The zero-order chi connectivity index (χ0) is 29.7. The summed E-state index contributed by atoms with van der Waals surface area (Å²) in [5, 5.41) is 4.75. The highest BCUT2D eigenvalue weighted by atomic mass is 32.1. The van der Waals surface area contributed by atoms with E-state index < -0.39 is 0 Å². The van der Waals surface area contributed by atoms with E-state index in [-0.39, 0.29) is 0 Å². The normalized spacial score (nSPS) is 11.6. The van der Waals surface area contributed by atoms with E-state index in [2.05, 4.69) is 126 Å². The molecule has 0 aliphatic carbocycles. The highest BCUT2D eigenvalue weighted by molar-refractivity contribution is 7.25. The number of aromatic nitrogens is 1. The lowest BCUT2D eigenvalue weighted by molar-refractivity contribution is 0.620. The molecule has 7 aromatic carbocycles. The largest absolute Gasteiger partial charge is 0.436 e. The van der Waals surface area contributed by atoms with Gasteiger partial charge in [0.15, 0.2) is 5.58 Å². The summed E-state index contributed by atoms with van der Waals surface area (Å²) in [7, 11) is 0. The molecule has 45 heavy (non-hydrogen) atoms. The van der Waals surface area contributed by atoms with Gasteiger partial charge in [-0.3, -0.25) is 0 Å². The van der Waals surface area contributed by atoms with E-state index >= 15 is 0 Å². The standard InChI is InChI=1S/C41H26N2OS/c1-3-10-27(11-4-1)28-18-21-31(22-19-28)43(32-23-24-34-33-15-7-8-17-37(33)45-38(34)26-32)35-16-9-14-29-20-25-36-40(39(29)35)42-41(44-36)30-12-5-2-6-13-30/h1-26H. The molecule has 2 heterocycles. The molecule has 4 heteroatoms. The van der Waals surface area contributed by atoms with E-state index in [0.29, 0.717) is 5.89 Å². The Morgan fingerprint density at radius 3 is 2.02 bits per heavy atom. The number of hydrogen-bond donors (Lipinski definition) is 0. The maximum atomic E-state index is 6.34. The molecule has 0 aliphatic heterocycles. The average molecular weight is 595 g/mol. The fraction of sp³-hybridized carbons (Fsp3) is 0. The minimum Gasteiger partial charge on any atom is -0.436 e. The first-order valence-electron chi connectivity index (χ1n) is 15.0. The Balaban J connectivity index is 1.28. The van der Waals surface area contributed by atoms with Crippen LogP contribution in [0.2, 0.25) is 0 Å². The average Bonchev–Trinajstić information content (AvgIpc) is 3.71. The molecule has 0 amide bonds. The van der Waals surface area contributed by atoms with Gasteiger partial charge >= 0.3 is 0 Å². The van der Waals surface area contributed by atoms with Crippen LogP contribution in [0.1, 0.15) is 0 Å². The van der Waals surface area contributed by atoms with Gasteiger partial charge in [0.25, 0.3) is 0 Å². The quantitative estimate of drug-likeness (QED) is 0.198. The van der Waals surface area contributed by atoms with Crippen LogP contribution in [0.4, 0.5) is 17.1 Å². The van der Waals surface area contributed by atoms with Gasteiger partial charge in [0, 0.05) is 42.5 Å². The van der Waals surface area contributed by atoms with Crippen LogP contribution in [-0.4, -0.2) is 4.98 Å². The molecule has 9 aromatic rings. The summed E-state index contributed by atoms with van der Waals surface area (Å²) < 4.78 is 8.90. The summed E-state index contributed by atoms with van der Waals surface area (Å²) >= 11 is 1.84. The minimum atomic E-state index is 0.623. The molecule has 212 valence electrons. The number of rotatable bonds is 5. The van der Waals surface area contributed by atoms with Crippen LogP contribution in [0, 0.1) is 0 Å². The van der Waals surface area contributed by atoms with Crippen LogP contribution in [0.15, 0.2) is 162 Å². The number of nitrogens with zero attached hydrogens (tertiary/aromatic N) is 2. The second-order valence-electron chi connectivity index (χ2n) is 11.2. The van der Waals surface area contributed by atoms with E-state index in [9.17, 15) is 0 Å². The Hall–Kier alpha value is -5.71. The molecule has 3 nitrogen and oxygen atoms in total. The van der Waals surface area contributed by atoms with Gasteiger partial charge in [0.2, 0.25) is 5.89 Å². The van der Waals surface area contributed by atoms with Crippen molar-refractivity contribution in [3.63, 3.8) is 0 Å².